The molecule has 0 saturated carbocycles. The fourth-order valence-electron chi connectivity index (χ4n) is 2.94. The van der Waals surface area contributed by atoms with Gasteiger partial charge in [-0.1, -0.05) is 23.7 Å². The van der Waals surface area contributed by atoms with E-state index in [1.54, 1.807) is 23.9 Å². The SMILES string of the molecule is CN(C)c1cc(C(F)(F)F)nc(N2CCN(Cc3cccc(Cl)c3)CC2)n1. The van der Waals surface area contributed by atoms with E-state index < -0.39 is 11.9 Å². The first-order chi connectivity index (χ1) is 12.7. The van der Waals surface area contributed by atoms with Gasteiger partial charge in [-0.3, -0.25) is 4.90 Å². The standard InChI is InChI=1S/C18H21ClF3N5/c1-25(2)16-11-15(18(20,21)22)23-17(24-16)27-8-6-26(7-9-27)12-13-4-3-5-14(19)10-13/h3-5,10-11H,6-9,12H2,1-2H3. The second-order valence-electron chi connectivity index (χ2n) is 6.70. The average Bonchev–Trinajstić information content (AvgIpc) is 2.61. The Labute approximate surface area is 161 Å². The Morgan fingerprint density at radius 3 is 2.37 bits per heavy atom. The summed E-state index contributed by atoms with van der Waals surface area (Å²) in [7, 11) is 3.32. The second kappa shape index (κ2) is 7.90. The third kappa shape index (κ3) is 5.01. The molecular formula is C18H21ClF3N5. The highest BCUT2D eigenvalue weighted by atomic mass is 35.5. The van der Waals surface area contributed by atoms with Crippen LogP contribution < -0.4 is 9.80 Å². The molecule has 1 aliphatic heterocycles. The molecular weight excluding hydrogens is 379 g/mol. The summed E-state index contributed by atoms with van der Waals surface area (Å²) in [6.45, 7) is 3.30. The molecule has 2 heterocycles. The van der Waals surface area contributed by atoms with Gasteiger partial charge in [-0.15, -0.1) is 0 Å². The Bertz CT molecular complexity index is 789. The van der Waals surface area contributed by atoms with Crippen LogP contribution in [0.15, 0.2) is 30.3 Å². The van der Waals surface area contributed by atoms with E-state index in [4.69, 9.17) is 11.6 Å². The van der Waals surface area contributed by atoms with Gasteiger partial charge in [0.2, 0.25) is 5.95 Å². The van der Waals surface area contributed by atoms with Crippen LogP contribution in [0.25, 0.3) is 0 Å². The first kappa shape index (κ1) is 19.7. The maximum atomic E-state index is 13.2. The van der Waals surface area contributed by atoms with Crippen LogP contribution in [0.1, 0.15) is 11.3 Å². The molecule has 1 fully saturated rings. The highest BCUT2D eigenvalue weighted by Gasteiger charge is 2.34. The van der Waals surface area contributed by atoms with Crippen molar-refractivity contribution in [2.24, 2.45) is 0 Å². The van der Waals surface area contributed by atoms with Gasteiger partial charge in [0.15, 0.2) is 5.69 Å². The van der Waals surface area contributed by atoms with Gasteiger partial charge in [0, 0.05) is 57.9 Å². The van der Waals surface area contributed by atoms with Crippen LogP contribution in [0.5, 0.6) is 0 Å². The largest absolute Gasteiger partial charge is 0.433 e. The minimum atomic E-state index is -4.50. The summed E-state index contributed by atoms with van der Waals surface area (Å²) in [6, 6.07) is 8.65. The Balaban J connectivity index is 1.71. The predicted molar refractivity (Wildman–Crippen MR) is 100 cm³/mol. The Kier molecular flexibility index (Phi) is 5.76. The van der Waals surface area contributed by atoms with Gasteiger partial charge in [-0.25, -0.2) is 4.98 Å². The average molecular weight is 400 g/mol. The molecule has 0 N–H and O–H groups in total. The Hall–Kier alpha value is -2.06. The van der Waals surface area contributed by atoms with Crippen molar-refractivity contribution in [3.05, 3.63) is 46.6 Å². The summed E-state index contributed by atoms with van der Waals surface area (Å²) in [6.07, 6.45) is -4.50. The molecule has 0 atom stereocenters. The number of aromatic nitrogens is 2. The number of nitrogens with zero attached hydrogens (tertiary/aromatic N) is 5. The fraction of sp³-hybridized carbons (Fsp3) is 0.444. The van der Waals surface area contributed by atoms with E-state index >= 15 is 0 Å². The molecule has 146 valence electrons. The normalized spacial score (nSPS) is 15.9. The van der Waals surface area contributed by atoms with E-state index in [0.29, 0.717) is 31.2 Å². The number of benzene rings is 1. The molecule has 2 aromatic rings. The third-order valence-electron chi connectivity index (χ3n) is 4.40. The van der Waals surface area contributed by atoms with Crippen LogP contribution in [0, 0.1) is 0 Å². The maximum absolute atomic E-state index is 13.2. The smallest absolute Gasteiger partial charge is 0.363 e. The topological polar surface area (TPSA) is 35.5 Å². The zero-order valence-electron chi connectivity index (χ0n) is 15.2. The number of alkyl halides is 3. The lowest BCUT2D eigenvalue weighted by atomic mass is 10.2. The maximum Gasteiger partial charge on any atom is 0.433 e. The number of rotatable bonds is 4. The van der Waals surface area contributed by atoms with Crippen LogP contribution in [-0.4, -0.2) is 55.1 Å². The van der Waals surface area contributed by atoms with Gasteiger partial charge in [0.25, 0.3) is 0 Å². The minimum absolute atomic E-state index is 0.121. The Morgan fingerprint density at radius 2 is 1.78 bits per heavy atom. The monoisotopic (exact) mass is 399 g/mol. The molecule has 0 unspecified atom stereocenters. The van der Waals surface area contributed by atoms with Gasteiger partial charge < -0.3 is 9.80 Å². The van der Waals surface area contributed by atoms with Crippen LogP contribution in [0.4, 0.5) is 24.9 Å². The van der Waals surface area contributed by atoms with E-state index in [0.717, 1.165) is 18.2 Å². The lowest BCUT2D eigenvalue weighted by Crippen LogP contribution is -2.46. The van der Waals surface area contributed by atoms with Gasteiger partial charge in [-0.05, 0) is 17.7 Å². The quantitative estimate of drug-likeness (QED) is 0.785. The van der Waals surface area contributed by atoms with Crippen LogP contribution >= 0.6 is 11.6 Å². The van der Waals surface area contributed by atoms with E-state index in [2.05, 4.69) is 14.9 Å². The Morgan fingerprint density at radius 1 is 1.07 bits per heavy atom. The molecule has 0 bridgehead atoms. The van der Waals surface area contributed by atoms with E-state index in [1.165, 1.54) is 0 Å². The van der Waals surface area contributed by atoms with Gasteiger partial charge in [-0.2, -0.15) is 18.2 Å². The van der Waals surface area contributed by atoms with Crippen molar-refractivity contribution in [3.63, 3.8) is 0 Å². The van der Waals surface area contributed by atoms with E-state index in [9.17, 15) is 13.2 Å². The molecule has 0 amide bonds. The number of hydrogen-bond donors (Lipinski definition) is 0. The summed E-state index contributed by atoms with van der Waals surface area (Å²) < 4.78 is 39.5. The van der Waals surface area contributed by atoms with Crippen LogP contribution in [0.3, 0.4) is 0 Å². The zero-order valence-corrected chi connectivity index (χ0v) is 15.9. The van der Waals surface area contributed by atoms with E-state index in [1.807, 2.05) is 24.3 Å². The summed E-state index contributed by atoms with van der Waals surface area (Å²) in [4.78, 5) is 13.6. The molecule has 27 heavy (non-hydrogen) atoms. The molecule has 1 aromatic heterocycles. The van der Waals surface area contributed by atoms with Crippen LogP contribution in [0.2, 0.25) is 5.02 Å². The molecule has 9 heteroatoms. The van der Waals surface area contributed by atoms with Gasteiger partial charge in [0.05, 0.1) is 0 Å². The third-order valence-corrected chi connectivity index (χ3v) is 4.63. The zero-order chi connectivity index (χ0) is 19.6. The molecule has 0 spiro atoms. The van der Waals surface area contributed by atoms with Gasteiger partial charge in [0.1, 0.15) is 5.82 Å². The molecule has 1 aromatic carbocycles. The van der Waals surface area contributed by atoms with Crippen molar-refractivity contribution in [2.45, 2.75) is 12.7 Å². The first-order valence-corrected chi connectivity index (χ1v) is 8.95. The lowest BCUT2D eigenvalue weighted by Gasteiger charge is -2.35. The van der Waals surface area contributed by atoms with Crippen molar-refractivity contribution < 1.29 is 13.2 Å². The van der Waals surface area contributed by atoms with Crippen LogP contribution in [-0.2, 0) is 12.7 Å². The number of anilines is 2. The summed E-state index contributed by atoms with van der Waals surface area (Å²) in [5.74, 6) is 0.365. The van der Waals surface area contributed by atoms with E-state index in [-0.39, 0.29) is 11.8 Å². The highest BCUT2D eigenvalue weighted by molar-refractivity contribution is 6.30. The highest BCUT2D eigenvalue weighted by Crippen LogP contribution is 2.31. The molecule has 1 aliphatic rings. The predicted octanol–water partition coefficient (Wildman–Crippen LogP) is 3.54. The van der Waals surface area contributed by atoms with Crippen molar-refractivity contribution in [2.75, 3.05) is 50.1 Å². The fourth-order valence-corrected chi connectivity index (χ4v) is 3.15. The first-order valence-electron chi connectivity index (χ1n) is 8.58. The van der Waals surface area contributed by atoms with Crippen molar-refractivity contribution in [3.8, 4) is 0 Å². The number of hydrogen-bond acceptors (Lipinski definition) is 5. The van der Waals surface area contributed by atoms with Gasteiger partial charge >= 0.3 is 6.18 Å². The molecule has 1 saturated heterocycles. The minimum Gasteiger partial charge on any atom is -0.363 e. The summed E-state index contributed by atoms with van der Waals surface area (Å²) >= 11 is 6.02. The molecule has 3 rings (SSSR count). The molecule has 5 nitrogen and oxygen atoms in total. The summed E-state index contributed by atoms with van der Waals surface area (Å²) in [5.41, 5.74) is 0.193. The summed E-state index contributed by atoms with van der Waals surface area (Å²) in [5, 5.41) is 0.694. The molecule has 0 aliphatic carbocycles. The second-order valence-corrected chi connectivity index (χ2v) is 7.13. The lowest BCUT2D eigenvalue weighted by molar-refractivity contribution is -0.141. The van der Waals surface area contributed by atoms with Crippen molar-refractivity contribution >= 4 is 23.4 Å². The van der Waals surface area contributed by atoms with Crippen molar-refractivity contribution in [1.29, 1.82) is 0 Å². The molecule has 0 radical (unpaired) electrons. The number of halogens is 4. The van der Waals surface area contributed by atoms with Crippen molar-refractivity contribution in [1.82, 2.24) is 14.9 Å². The number of piperazine rings is 1.